The Balaban J connectivity index is 2.39. The van der Waals surface area contributed by atoms with E-state index >= 15 is 0 Å². The number of carboxylic acids is 1. The zero-order valence-electron chi connectivity index (χ0n) is 7.47. The van der Waals surface area contributed by atoms with E-state index in [0.717, 1.165) is 19.3 Å². The van der Waals surface area contributed by atoms with E-state index in [0.29, 0.717) is 0 Å². The molecule has 0 radical (unpaired) electrons. The average molecular weight is 211 g/mol. The molecule has 0 heterocycles. The fourth-order valence-electron chi connectivity index (χ4n) is 1.24. The number of hydrogen-bond donors (Lipinski definition) is 2. The van der Waals surface area contributed by atoms with Crippen molar-refractivity contribution in [2.75, 3.05) is 6.54 Å². The molecule has 1 rings (SSSR count). The molecule has 0 spiro atoms. The Morgan fingerprint density at radius 2 is 2.07 bits per heavy atom. The lowest BCUT2D eigenvalue weighted by Crippen LogP contribution is -2.44. The van der Waals surface area contributed by atoms with Crippen molar-refractivity contribution in [3.63, 3.8) is 0 Å². The van der Waals surface area contributed by atoms with Crippen LogP contribution in [0.15, 0.2) is 0 Å². The van der Waals surface area contributed by atoms with E-state index in [1.807, 2.05) is 0 Å². The van der Waals surface area contributed by atoms with Crippen molar-refractivity contribution in [2.24, 2.45) is 5.92 Å². The summed E-state index contributed by atoms with van der Waals surface area (Å²) in [6, 6.07) is 0.0687. The third kappa shape index (κ3) is 2.87. The average Bonchev–Trinajstić information content (AvgIpc) is 1.90. The minimum absolute atomic E-state index is 0.0687. The summed E-state index contributed by atoms with van der Waals surface area (Å²) in [5, 5.41) is 11.0. The van der Waals surface area contributed by atoms with Gasteiger partial charge in [0.2, 0.25) is 0 Å². The molecular weight excluding hydrogens is 199 g/mol. The molecule has 1 atom stereocenters. The van der Waals surface area contributed by atoms with Crippen molar-refractivity contribution in [3.05, 3.63) is 0 Å². The molecule has 2 N–H and O–H groups in total. The van der Waals surface area contributed by atoms with Gasteiger partial charge in [-0.05, 0) is 12.8 Å². The molecule has 0 aromatic heterocycles. The van der Waals surface area contributed by atoms with Gasteiger partial charge in [-0.25, -0.2) is 0 Å². The first-order valence-electron chi connectivity index (χ1n) is 4.44. The van der Waals surface area contributed by atoms with Crippen molar-refractivity contribution in [1.29, 1.82) is 0 Å². The molecule has 1 unspecified atom stereocenters. The van der Waals surface area contributed by atoms with Crippen LogP contribution in [0.3, 0.4) is 0 Å². The van der Waals surface area contributed by atoms with Gasteiger partial charge in [0.1, 0.15) is 0 Å². The molecule has 14 heavy (non-hydrogen) atoms. The topological polar surface area (TPSA) is 49.3 Å². The molecule has 0 aromatic rings. The first kappa shape index (κ1) is 11.3. The van der Waals surface area contributed by atoms with E-state index in [4.69, 9.17) is 5.11 Å². The number of carboxylic acid groups (broad SMARTS) is 1. The molecule has 0 aliphatic heterocycles. The van der Waals surface area contributed by atoms with Crippen molar-refractivity contribution in [1.82, 2.24) is 5.32 Å². The van der Waals surface area contributed by atoms with Crippen LogP contribution in [-0.4, -0.2) is 29.8 Å². The number of aliphatic carboxylic acids is 1. The lowest BCUT2D eigenvalue weighted by molar-refractivity contribution is -0.192. The standard InChI is InChI=1S/C8H12F3NO2/c9-8(10,11)6(7(13)14)4-12-5-2-1-3-5/h5-6,12H,1-4H2,(H,13,14). The Hall–Kier alpha value is -0.780. The van der Waals surface area contributed by atoms with E-state index < -0.39 is 24.6 Å². The molecular formula is C8H12F3NO2. The molecule has 1 aliphatic carbocycles. The minimum Gasteiger partial charge on any atom is -0.481 e. The van der Waals surface area contributed by atoms with Gasteiger partial charge in [-0.2, -0.15) is 13.2 Å². The first-order chi connectivity index (χ1) is 6.41. The second-order valence-corrected chi connectivity index (χ2v) is 3.47. The highest BCUT2D eigenvalue weighted by molar-refractivity contribution is 5.71. The molecule has 1 aliphatic rings. The van der Waals surface area contributed by atoms with Crippen molar-refractivity contribution in [3.8, 4) is 0 Å². The number of carbonyl (C=O) groups is 1. The molecule has 0 bridgehead atoms. The van der Waals surface area contributed by atoms with Crippen LogP contribution in [0.5, 0.6) is 0 Å². The summed E-state index contributed by atoms with van der Waals surface area (Å²) in [6.45, 7) is -0.524. The number of alkyl halides is 3. The summed E-state index contributed by atoms with van der Waals surface area (Å²) >= 11 is 0. The highest BCUT2D eigenvalue weighted by atomic mass is 19.4. The Kier molecular flexibility index (Phi) is 3.36. The van der Waals surface area contributed by atoms with Gasteiger partial charge >= 0.3 is 12.1 Å². The Bertz CT molecular complexity index is 213. The van der Waals surface area contributed by atoms with Gasteiger partial charge in [0, 0.05) is 12.6 Å². The minimum atomic E-state index is -4.66. The summed E-state index contributed by atoms with van der Waals surface area (Å²) in [5.74, 6) is -4.10. The van der Waals surface area contributed by atoms with Crippen LogP contribution in [0.2, 0.25) is 0 Å². The number of hydrogen-bond acceptors (Lipinski definition) is 2. The van der Waals surface area contributed by atoms with Crippen LogP contribution in [-0.2, 0) is 4.79 Å². The third-order valence-corrected chi connectivity index (χ3v) is 2.41. The van der Waals surface area contributed by atoms with Crippen molar-refractivity contribution >= 4 is 5.97 Å². The van der Waals surface area contributed by atoms with E-state index in [9.17, 15) is 18.0 Å². The van der Waals surface area contributed by atoms with Crippen LogP contribution in [0.25, 0.3) is 0 Å². The van der Waals surface area contributed by atoms with Gasteiger partial charge < -0.3 is 10.4 Å². The number of nitrogens with one attached hydrogen (secondary N) is 1. The molecule has 3 nitrogen and oxygen atoms in total. The predicted molar refractivity (Wildman–Crippen MR) is 42.8 cm³/mol. The fraction of sp³-hybridized carbons (Fsp3) is 0.875. The quantitative estimate of drug-likeness (QED) is 0.738. The Morgan fingerprint density at radius 3 is 2.36 bits per heavy atom. The van der Waals surface area contributed by atoms with Gasteiger partial charge in [-0.15, -0.1) is 0 Å². The fourth-order valence-corrected chi connectivity index (χ4v) is 1.24. The van der Waals surface area contributed by atoms with Crippen LogP contribution in [0, 0.1) is 5.92 Å². The normalized spacial score (nSPS) is 20.2. The second-order valence-electron chi connectivity index (χ2n) is 3.47. The Labute approximate surface area is 79.3 Å². The van der Waals surface area contributed by atoms with E-state index in [2.05, 4.69) is 5.32 Å². The van der Waals surface area contributed by atoms with Crippen LogP contribution < -0.4 is 5.32 Å². The first-order valence-corrected chi connectivity index (χ1v) is 4.44. The Morgan fingerprint density at radius 1 is 1.50 bits per heavy atom. The summed E-state index contributed by atoms with van der Waals surface area (Å²) < 4.78 is 36.4. The van der Waals surface area contributed by atoms with Crippen LogP contribution >= 0.6 is 0 Å². The van der Waals surface area contributed by atoms with Gasteiger partial charge in [0.15, 0.2) is 5.92 Å². The second kappa shape index (κ2) is 4.16. The molecule has 6 heteroatoms. The third-order valence-electron chi connectivity index (χ3n) is 2.41. The highest BCUT2D eigenvalue weighted by Gasteiger charge is 2.45. The van der Waals surface area contributed by atoms with Gasteiger partial charge in [0.25, 0.3) is 0 Å². The largest absolute Gasteiger partial charge is 0.481 e. The number of halogens is 3. The zero-order chi connectivity index (χ0) is 10.8. The van der Waals surface area contributed by atoms with E-state index in [1.165, 1.54) is 0 Å². The van der Waals surface area contributed by atoms with Gasteiger partial charge in [-0.1, -0.05) is 6.42 Å². The molecule has 0 saturated heterocycles. The molecule has 1 saturated carbocycles. The smallest absolute Gasteiger partial charge is 0.403 e. The maximum absolute atomic E-state index is 12.1. The molecule has 0 amide bonds. The van der Waals surface area contributed by atoms with Crippen molar-refractivity contribution in [2.45, 2.75) is 31.5 Å². The molecule has 0 aromatic carbocycles. The summed E-state index contributed by atoms with van der Waals surface area (Å²) in [4.78, 5) is 10.3. The summed E-state index contributed by atoms with van der Waals surface area (Å²) in [7, 11) is 0. The summed E-state index contributed by atoms with van der Waals surface area (Å²) in [6.07, 6.45) is -1.99. The highest BCUT2D eigenvalue weighted by Crippen LogP contribution is 2.27. The number of rotatable bonds is 4. The van der Waals surface area contributed by atoms with E-state index in [1.54, 1.807) is 0 Å². The van der Waals surface area contributed by atoms with Crippen LogP contribution in [0.4, 0.5) is 13.2 Å². The predicted octanol–water partition coefficient (Wildman–Crippen LogP) is 1.39. The monoisotopic (exact) mass is 211 g/mol. The van der Waals surface area contributed by atoms with E-state index in [-0.39, 0.29) is 6.04 Å². The lowest BCUT2D eigenvalue weighted by Gasteiger charge is -2.28. The zero-order valence-corrected chi connectivity index (χ0v) is 7.47. The van der Waals surface area contributed by atoms with Gasteiger partial charge in [0.05, 0.1) is 0 Å². The van der Waals surface area contributed by atoms with Crippen LogP contribution in [0.1, 0.15) is 19.3 Å². The SMILES string of the molecule is O=C(O)C(CNC1CCC1)C(F)(F)F. The lowest BCUT2D eigenvalue weighted by atomic mass is 9.92. The van der Waals surface area contributed by atoms with Gasteiger partial charge in [-0.3, -0.25) is 4.79 Å². The maximum Gasteiger partial charge on any atom is 0.403 e. The summed E-state index contributed by atoms with van der Waals surface area (Å²) in [5.41, 5.74) is 0. The molecule has 82 valence electrons. The maximum atomic E-state index is 12.1. The van der Waals surface area contributed by atoms with Crippen molar-refractivity contribution < 1.29 is 23.1 Å². The molecule has 1 fully saturated rings.